The highest BCUT2D eigenvalue weighted by Crippen LogP contribution is 2.35. The first-order valence-electron chi connectivity index (χ1n) is 9.86. The van der Waals surface area contributed by atoms with E-state index < -0.39 is 7.12 Å². The number of benzene rings is 3. The molecule has 0 aliphatic heterocycles. The quantitative estimate of drug-likeness (QED) is 0.341. The van der Waals surface area contributed by atoms with Gasteiger partial charge in [0.15, 0.2) is 0 Å². The number of fused-ring (bicyclic) bond motifs is 3. The zero-order valence-electron chi connectivity index (χ0n) is 16.5. The summed E-state index contributed by atoms with van der Waals surface area (Å²) in [7, 11) is -1.35. The molecule has 3 aromatic carbocycles. The van der Waals surface area contributed by atoms with Gasteiger partial charge in [0.25, 0.3) is 0 Å². The Labute approximate surface area is 188 Å². The second-order valence-electron chi connectivity index (χ2n) is 7.09. The van der Waals surface area contributed by atoms with Crippen molar-refractivity contribution in [3.63, 3.8) is 0 Å². The minimum atomic E-state index is -1.35. The number of nitrogens with zero attached hydrogens (tertiary/aromatic N) is 1. The normalized spacial score (nSPS) is 10.9. The van der Waals surface area contributed by atoms with Gasteiger partial charge >= 0.3 is 7.12 Å². The van der Waals surface area contributed by atoms with Crippen LogP contribution in [0, 0.1) is 0 Å². The van der Waals surface area contributed by atoms with E-state index in [2.05, 4.69) is 65.6 Å². The number of rotatable bonds is 2. The number of hydrogen-bond acceptors (Lipinski definition) is 5. The Morgan fingerprint density at radius 2 is 1.26 bits per heavy atom. The fourth-order valence-corrected chi connectivity index (χ4v) is 5.55. The van der Waals surface area contributed by atoms with E-state index in [1.165, 1.54) is 37.1 Å². The molecule has 0 atom stereocenters. The van der Waals surface area contributed by atoms with E-state index in [0.29, 0.717) is 4.78 Å². The molecule has 0 radical (unpaired) electrons. The van der Waals surface area contributed by atoms with E-state index >= 15 is 0 Å². The van der Waals surface area contributed by atoms with Crippen molar-refractivity contribution in [2.24, 2.45) is 0 Å². The minimum absolute atomic E-state index is 0.594. The van der Waals surface area contributed by atoms with Crippen LogP contribution < -0.4 is 4.78 Å². The van der Waals surface area contributed by atoms with Crippen molar-refractivity contribution >= 4 is 65.5 Å². The van der Waals surface area contributed by atoms with Crippen LogP contribution in [0.3, 0.4) is 0 Å². The second kappa shape index (κ2) is 8.61. The largest absolute Gasteiger partial charge is 0.499 e. The lowest BCUT2D eigenvalue weighted by Gasteiger charge is -2.02. The molecule has 6 aromatic rings. The Morgan fingerprint density at radius 1 is 0.645 bits per heavy atom. The first kappa shape index (κ1) is 19.9. The van der Waals surface area contributed by atoms with Gasteiger partial charge in [0, 0.05) is 25.8 Å². The van der Waals surface area contributed by atoms with Crippen molar-refractivity contribution in [3.8, 4) is 10.6 Å². The molecule has 0 bridgehead atoms. The van der Waals surface area contributed by atoms with Crippen molar-refractivity contribution in [1.29, 1.82) is 0 Å². The van der Waals surface area contributed by atoms with Gasteiger partial charge in [0.2, 0.25) is 0 Å². The summed E-state index contributed by atoms with van der Waals surface area (Å²) in [5.74, 6) is 0. The van der Waals surface area contributed by atoms with Crippen LogP contribution in [0.1, 0.15) is 0 Å². The molecular formula is C25H18BNO2S2. The molecule has 6 rings (SSSR count). The molecule has 2 N–H and O–H groups in total. The Morgan fingerprint density at radius 3 is 1.94 bits per heavy atom. The second-order valence-corrected chi connectivity index (χ2v) is 9.29. The van der Waals surface area contributed by atoms with E-state index in [9.17, 15) is 0 Å². The van der Waals surface area contributed by atoms with Crippen LogP contribution in [0.15, 0.2) is 97.2 Å². The highest BCUT2D eigenvalue weighted by Gasteiger charge is 2.13. The van der Waals surface area contributed by atoms with Gasteiger partial charge in [-0.25, -0.2) is 0 Å². The van der Waals surface area contributed by atoms with E-state index in [-0.39, 0.29) is 0 Å². The molecule has 0 saturated carbocycles. The van der Waals surface area contributed by atoms with E-state index in [0.717, 1.165) is 15.8 Å². The average Bonchev–Trinajstić information content (AvgIpc) is 3.43. The zero-order chi connectivity index (χ0) is 21.2. The molecule has 0 amide bonds. The standard InChI is InChI=1S/C17H11NS.C8H7BO2S/c1-3-7-14-12(5-1)9-10-18-17(14)16-11-13-6-2-4-8-15(13)19-16;10-9(11)8-5-6-3-1-2-4-7(6)12-8/h1-11H;1-5,10-11H. The van der Waals surface area contributed by atoms with Crippen molar-refractivity contribution < 1.29 is 10.0 Å². The molecule has 0 fully saturated rings. The molecule has 6 heteroatoms. The summed E-state index contributed by atoms with van der Waals surface area (Å²) in [6.45, 7) is 0. The van der Waals surface area contributed by atoms with Gasteiger partial charge in [-0.05, 0) is 46.5 Å². The highest BCUT2D eigenvalue weighted by molar-refractivity contribution is 7.27. The van der Waals surface area contributed by atoms with Crippen LogP contribution in [-0.4, -0.2) is 22.2 Å². The first-order chi connectivity index (χ1) is 15.2. The molecule has 3 aromatic heterocycles. The summed E-state index contributed by atoms with van der Waals surface area (Å²) in [6, 6.07) is 30.8. The van der Waals surface area contributed by atoms with E-state index in [1.54, 1.807) is 17.4 Å². The number of thiophene rings is 2. The third-order valence-electron chi connectivity index (χ3n) is 5.03. The van der Waals surface area contributed by atoms with E-state index in [1.807, 2.05) is 30.5 Å². The Balaban J connectivity index is 0.000000147. The maximum Gasteiger partial charge on any atom is 0.499 e. The highest BCUT2D eigenvalue weighted by atomic mass is 32.1. The summed E-state index contributed by atoms with van der Waals surface area (Å²) in [5, 5.41) is 22.6. The molecule has 0 unspecified atom stereocenters. The summed E-state index contributed by atoms with van der Waals surface area (Å²) in [4.78, 5) is 5.82. The predicted molar refractivity (Wildman–Crippen MR) is 134 cm³/mol. The summed E-state index contributed by atoms with van der Waals surface area (Å²) >= 11 is 3.21. The number of aromatic nitrogens is 1. The van der Waals surface area contributed by atoms with Gasteiger partial charge in [-0.1, -0.05) is 60.7 Å². The van der Waals surface area contributed by atoms with Crippen LogP contribution in [0.4, 0.5) is 0 Å². The fourth-order valence-electron chi connectivity index (χ4n) is 3.54. The Hall–Kier alpha value is -3.03. The van der Waals surface area contributed by atoms with Crippen LogP contribution in [0.5, 0.6) is 0 Å². The Kier molecular flexibility index (Phi) is 5.53. The molecule has 0 saturated heterocycles. The SMILES string of the molecule is OB(O)c1cc2ccccc2s1.c1ccc2sc(-c3nccc4ccccc34)cc2c1. The van der Waals surface area contributed by atoms with Crippen molar-refractivity contribution in [3.05, 3.63) is 97.2 Å². The molecule has 0 aliphatic rings. The van der Waals surface area contributed by atoms with Crippen molar-refractivity contribution in [2.75, 3.05) is 0 Å². The molecule has 31 heavy (non-hydrogen) atoms. The lowest BCUT2D eigenvalue weighted by Crippen LogP contribution is -2.26. The maximum absolute atomic E-state index is 8.89. The smallest absolute Gasteiger partial charge is 0.423 e. The number of pyridine rings is 1. The lowest BCUT2D eigenvalue weighted by atomic mass is 9.89. The topological polar surface area (TPSA) is 53.4 Å². The van der Waals surface area contributed by atoms with Gasteiger partial charge in [0.05, 0.1) is 10.6 Å². The van der Waals surface area contributed by atoms with Gasteiger partial charge in [0.1, 0.15) is 0 Å². The molecule has 150 valence electrons. The van der Waals surface area contributed by atoms with Gasteiger partial charge in [-0.2, -0.15) is 0 Å². The van der Waals surface area contributed by atoms with E-state index in [4.69, 9.17) is 10.0 Å². The molecule has 0 aliphatic carbocycles. The fraction of sp³-hybridized carbons (Fsp3) is 0. The summed E-state index contributed by atoms with van der Waals surface area (Å²) < 4.78 is 2.99. The first-order valence-corrected chi connectivity index (χ1v) is 11.5. The van der Waals surface area contributed by atoms with Gasteiger partial charge in [-0.15, -0.1) is 22.7 Å². The molecular weight excluding hydrogens is 421 g/mol. The van der Waals surface area contributed by atoms with Crippen LogP contribution in [-0.2, 0) is 0 Å². The van der Waals surface area contributed by atoms with Gasteiger partial charge in [-0.3, -0.25) is 4.98 Å². The van der Waals surface area contributed by atoms with Crippen molar-refractivity contribution in [2.45, 2.75) is 0 Å². The third-order valence-corrected chi connectivity index (χ3v) is 7.31. The van der Waals surface area contributed by atoms with Crippen molar-refractivity contribution in [1.82, 2.24) is 4.98 Å². The maximum atomic E-state index is 8.89. The van der Waals surface area contributed by atoms with Crippen LogP contribution in [0.2, 0.25) is 0 Å². The van der Waals surface area contributed by atoms with Crippen LogP contribution >= 0.6 is 22.7 Å². The van der Waals surface area contributed by atoms with Gasteiger partial charge < -0.3 is 10.0 Å². The summed E-state index contributed by atoms with van der Waals surface area (Å²) in [5.41, 5.74) is 1.08. The monoisotopic (exact) mass is 439 g/mol. The number of hydrogen-bond donors (Lipinski definition) is 2. The predicted octanol–water partition coefficient (Wildman–Crippen LogP) is 5.70. The Bertz CT molecular complexity index is 1420. The summed E-state index contributed by atoms with van der Waals surface area (Å²) in [6.07, 6.45) is 1.89. The average molecular weight is 439 g/mol. The van der Waals surface area contributed by atoms with Crippen LogP contribution in [0.25, 0.3) is 41.5 Å². The lowest BCUT2D eigenvalue weighted by molar-refractivity contribution is 0.427. The molecule has 3 nitrogen and oxygen atoms in total. The minimum Gasteiger partial charge on any atom is -0.423 e. The molecule has 0 spiro atoms. The molecule has 3 heterocycles. The third kappa shape index (κ3) is 4.11. The zero-order valence-corrected chi connectivity index (χ0v) is 18.1.